The number of anilines is 1. The molecule has 4 nitrogen and oxygen atoms in total. The van der Waals surface area contributed by atoms with Gasteiger partial charge in [-0.2, -0.15) is 0 Å². The van der Waals surface area contributed by atoms with Crippen LogP contribution in [0, 0.1) is 0 Å². The lowest BCUT2D eigenvalue weighted by Gasteiger charge is -2.11. The van der Waals surface area contributed by atoms with Gasteiger partial charge in [-0.1, -0.05) is 30.8 Å². The molecule has 0 saturated heterocycles. The minimum atomic E-state index is 0.819. The first kappa shape index (κ1) is 15.1. The molecule has 0 radical (unpaired) electrons. The van der Waals surface area contributed by atoms with Crippen LogP contribution in [0.3, 0.4) is 0 Å². The normalized spacial score (nSPS) is 10.3. The van der Waals surface area contributed by atoms with Crippen molar-refractivity contribution in [2.75, 3.05) is 19.0 Å². The Labute approximate surface area is 131 Å². The van der Waals surface area contributed by atoms with Gasteiger partial charge in [0.05, 0.1) is 16.5 Å². The highest BCUT2D eigenvalue weighted by Crippen LogP contribution is 2.38. The SMILES string of the molecule is CCCNc1ncnc(Sc2ccccc2OC)c1Br. The molecule has 0 aliphatic carbocycles. The van der Waals surface area contributed by atoms with Crippen LogP contribution in [0.2, 0.25) is 0 Å². The van der Waals surface area contributed by atoms with Crippen molar-refractivity contribution in [1.29, 1.82) is 0 Å². The Balaban J connectivity index is 2.25. The third-order valence-electron chi connectivity index (χ3n) is 2.58. The van der Waals surface area contributed by atoms with Crippen LogP contribution in [-0.2, 0) is 0 Å². The summed E-state index contributed by atoms with van der Waals surface area (Å²) in [5.74, 6) is 1.66. The molecule has 0 aliphatic rings. The summed E-state index contributed by atoms with van der Waals surface area (Å²) in [6.45, 7) is 3.00. The molecule has 1 aromatic carbocycles. The van der Waals surface area contributed by atoms with Crippen molar-refractivity contribution in [3.05, 3.63) is 35.1 Å². The third kappa shape index (κ3) is 3.64. The van der Waals surface area contributed by atoms with Gasteiger partial charge < -0.3 is 10.1 Å². The van der Waals surface area contributed by atoms with Crippen molar-refractivity contribution in [3.63, 3.8) is 0 Å². The second-order valence-corrected chi connectivity index (χ2v) is 5.84. The van der Waals surface area contributed by atoms with Gasteiger partial charge in [-0.3, -0.25) is 0 Å². The molecular weight excluding hydrogens is 338 g/mol. The van der Waals surface area contributed by atoms with E-state index in [1.165, 1.54) is 0 Å². The van der Waals surface area contributed by atoms with Crippen LogP contribution in [-0.4, -0.2) is 23.6 Å². The Morgan fingerprint density at radius 3 is 2.85 bits per heavy atom. The predicted octanol–water partition coefficient (Wildman–Crippen LogP) is 4.22. The number of benzene rings is 1. The molecule has 20 heavy (non-hydrogen) atoms. The number of methoxy groups -OCH3 is 1. The molecule has 0 aliphatic heterocycles. The molecule has 2 rings (SSSR count). The smallest absolute Gasteiger partial charge is 0.144 e. The zero-order valence-electron chi connectivity index (χ0n) is 11.4. The van der Waals surface area contributed by atoms with Gasteiger partial charge in [0, 0.05) is 6.54 Å². The third-order valence-corrected chi connectivity index (χ3v) is 4.65. The van der Waals surface area contributed by atoms with Gasteiger partial charge in [0.15, 0.2) is 0 Å². The number of hydrogen-bond acceptors (Lipinski definition) is 5. The van der Waals surface area contributed by atoms with Crippen LogP contribution in [0.4, 0.5) is 5.82 Å². The number of aromatic nitrogens is 2. The Bertz CT molecular complexity index is 580. The summed E-state index contributed by atoms with van der Waals surface area (Å²) >= 11 is 5.12. The van der Waals surface area contributed by atoms with E-state index in [9.17, 15) is 0 Å². The Morgan fingerprint density at radius 2 is 2.10 bits per heavy atom. The first-order chi connectivity index (χ1) is 9.76. The molecule has 0 atom stereocenters. The first-order valence-corrected chi connectivity index (χ1v) is 7.92. The van der Waals surface area contributed by atoms with E-state index in [0.717, 1.165) is 38.9 Å². The van der Waals surface area contributed by atoms with Gasteiger partial charge in [0.2, 0.25) is 0 Å². The van der Waals surface area contributed by atoms with Gasteiger partial charge in [-0.05, 0) is 34.5 Å². The molecule has 0 unspecified atom stereocenters. The minimum absolute atomic E-state index is 0.819. The van der Waals surface area contributed by atoms with E-state index in [-0.39, 0.29) is 0 Å². The van der Waals surface area contributed by atoms with Crippen LogP contribution >= 0.6 is 27.7 Å². The van der Waals surface area contributed by atoms with Gasteiger partial charge in [0.1, 0.15) is 22.9 Å². The molecule has 0 fully saturated rings. The molecule has 0 saturated carbocycles. The van der Waals surface area contributed by atoms with Crippen LogP contribution in [0.5, 0.6) is 5.75 Å². The Hall–Kier alpha value is -1.27. The fraction of sp³-hybridized carbons (Fsp3) is 0.286. The molecule has 6 heteroatoms. The second-order valence-electron chi connectivity index (χ2n) is 4.02. The standard InChI is InChI=1S/C14H16BrN3OS/c1-3-8-16-13-12(15)14(18-9-17-13)20-11-7-5-4-6-10(11)19-2/h4-7,9H,3,8H2,1-2H3,(H,16,17,18). The lowest BCUT2D eigenvalue weighted by atomic mass is 10.3. The summed E-state index contributed by atoms with van der Waals surface area (Å²) in [5, 5.41) is 4.14. The Morgan fingerprint density at radius 1 is 1.30 bits per heavy atom. The van der Waals surface area contributed by atoms with Crippen LogP contribution in [0.15, 0.2) is 45.0 Å². The van der Waals surface area contributed by atoms with Crippen molar-refractivity contribution in [2.45, 2.75) is 23.3 Å². The van der Waals surface area contributed by atoms with E-state index in [4.69, 9.17) is 4.74 Å². The van der Waals surface area contributed by atoms with E-state index >= 15 is 0 Å². The van der Waals surface area contributed by atoms with Crippen molar-refractivity contribution in [2.24, 2.45) is 0 Å². The van der Waals surface area contributed by atoms with Gasteiger partial charge >= 0.3 is 0 Å². The molecular formula is C14H16BrN3OS. The van der Waals surface area contributed by atoms with E-state index in [2.05, 4.69) is 38.1 Å². The fourth-order valence-electron chi connectivity index (χ4n) is 1.60. The Kier molecular flexibility index (Phi) is 5.67. The summed E-state index contributed by atoms with van der Waals surface area (Å²) in [6.07, 6.45) is 2.62. The highest BCUT2D eigenvalue weighted by atomic mass is 79.9. The topological polar surface area (TPSA) is 47.0 Å². The lowest BCUT2D eigenvalue weighted by Crippen LogP contribution is -2.03. The highest BCUT2D eigenvalue weighted by Gasteiger charge is 2.12. The molecule has 0 amide bonds. The minimum Gasteiger partial charge on any atom is -0.496 e. The number of hydrogen-bond donors (Lipinski definition) is 1. The maximum absolute atomic E-state index is 5.36. The van der Waals surface area contributed by atoms with E-state index in [1.54, 1.807) is 25.2 Å². The molecule has 106 valence electrons. The maximum atomic E-state index is 5.36. The lowest BCUT2D eigenvalue weighted by molar-refractivity contribution is 0.405. The number of ether oxygens (including phenoxy) is 1. The average Bonchev–Trinajstić information content (AvgIpc) is 2.48. The van der Waals surface area contributed by atoms with Crippen molar-refractivity contribution in [1.82, 2.24) is 9.97 Å². The number of rotatable bonds is 6. The van der Waals surface area contributed by atoms with Crippen molar-refractivity contribution < 1.29 is 4.74 Å². The average molecular weight is 354 g/mol. The summed E-state index contributed by atoms with van der Waals surface area (Å²) in [5.41, 5.74) is 0. The quantitative estimate of drug-likeness (QED) is 0.787. The monoisotopic (exact) mass is 353 g/mol. The molecule has 1 heterocycles. The van der Waals surface area contributed by atoms with Gasteiger partial charge in [0.25, 0.3) is 0 Å². The van der Waals surface area contributed by atoms with E-state index < -0.39 is 0 Å². The fourth-order valence-corrected chi connectivity index (χ4v) is 3.08. The molecule has 0 spiro atoms. The van der Waals surface area contributed by atoms with E-state index in [1.807, 2.05) is 24.3 Å². The maximum Gasteiger partial charge on any atom is 0.144 e. The van der Waals surface area contributed by atoms with Gasteiger partial charge in [-0.15, -0.1) is 0 Å². The van der Waals surface area contributed by atoms with Gasteiger partial charge in [-0.25, -0.2) is 9.97 Å². The zero-order chi connectivity index (χ0) is 14.4. The first-order valence-electron chi connectivity index (χ1n) is 6.31. The summed E-state index contributed by atoms with van der Waals surface area (Å²) in [4.78, 5) is 9.60. The summed E-state index contributed by atoms with van der Waals surface area (Å²) in [7, 11) is 1.67. The van der Waals surface area contributed by atoms with E-state index in [0.29, 0.717) is 0 Å². The van der Waals surface area contributed by atoms with Crippen molar-refractivity contribution in [3.8, 4) is 5.75 Å². The largest absolute Gasteiger partial charge is 0.496 e. The number of nitrogens with one attached hydrogen (secondary N) is 1. The van der Waals surface area contributed by atoms with Crippen LogP contribution in [0.1, 0.15) is 13.3 Å². The van der Waals surface area contributed by atoms with Crippen LogP contribution in [0.25, 0.3) is 0 Å². The number of halogens is 1. The zero-order valence-corrected chi connectivity index (χ0v) is 13.8. The molecule has 2 aromatic rings. The number of para-hydroxylation sites is 1. The predicted molar refractivity (Wildman–Crippen MR) is 85.6 cm³/mol. The summed E-state index contributed by atoms with van der Waals surface area (Å²) in [6, 6.07) is 7.88. The second kappa shape index (κ2) is 7.50. The molecule has 0 bridgehead atoms. The molecule has 1 N–H and O–H groups in total. The highest BCUT2D eigenvalue weighted by molar-refractivity contribution is 9.10. The molecule has 1 aromatic heterocycles. The van der Waals surface area contributed by atoms with Crippen molar-refractivity contribution >= 4 is 33.5 Å². The van der Waals surface area contributed by atoms with Crippen LogP contribution < -0.4 is 10.1 Å². The number of nitrogens with zero attached hydrogens (tertiary/aromatic N) is 2. The summed E-state index contributed by atoms with van der Waals surface area (Å²) < 4.78 is 6.24.